The standard InChI is InChI=1S/C16H20N4O2/c1-3-4-8-22-12-7-5-6-11(9-12)15-19-10-13(14(17)20-15)16(21)18-2/h5-7,9-10H,3-4,8H2,1-2H3,(H,18,21)(H2,17,19,20). The van der Waals surface area contributed by atoms with Crippen molar-refractivity contribution < 1.29 is 9.53 Å². The Morgan fingerprint density at radius 2 is 2.23 bits per heavy atom. The Morgan fingerprint density at radius 3 is 2.91 bits per heavy atom. The fourth-order valence-corrected chi connectivity index (χ4v) is 1.90. The van der Waals surface area contributed by atoms with Crippen LogP contribution in [0.1, 0.15) is 30.1 Å². The van der Waals surface area contributed by atoms with Crippen LogP contribution in [0.5, 0.6) is 5.75 Å². The summed E-state index contributed by atoms with van der Waals surface area (Å²) in [6, 6.07) is 7.51. The first kappa shape index (κ1) is 15.8. The van der Waals surface area contributed by atoms with Gasteiger partial charge in [0.05, 0.1) is 12.2 Å². The van der Waals surface area contributed by atoms with E-state index in [4.69, 9.17) is 10.5 Å². The largest absolute Gasteiger partial charge is 0.494 e. The molecule has 0 aliphatic heterocycles. The third-order valence-corrected chi connectivity index (χ3v) is 3.15. The molecule has 6 nitrogen and oxygen atoms in total. The SMILES string of the molecule is CCCCOc1cccc(-c2ncc(C(=O)NC)c(N)n2)c1. The Balaban J connectivity index is 2.23. The van der Waals surface area contributed by atoms with E-state index >= 15 is 0 Å². The van der Waals surface area contributed by atoms with Gasteiger partial charge in [-0.2, -0.15) is 0 Å². The topological polar surface area (TPSA) is 90.1 Å². The number of carbonyl (C=O) groups excluding carboxylic acids is 1. The molecule has 22 heavy (non-hydrogen) atoms. The van der Waals surface area contributed by atoms with Crippen LogP contribution in [0.2, 0.25) is 0 Å². The summed E-state index contributed by atoms with van der Waals surface area (Å²) in [4.78, 5) is 20.0. The van der Waals surface area contributed by atoms with Gasteiger partial charge in [-0.3, -0.25) is 4.79 Å². The number of anilines is 1. The molecule has 0 bridgehead atoms. The summed E-state index contributed by atoms with van der Waals surface area (Å²) in [6.45, 7) is 2.79. The molecular weight excluding hydrogens is 280 g/mol. The van der Waals surface area contributed by atoms with Crippen molar-refractivity contribution in [1.29, 1.82) is 0 Å². The second-order valence-corrected chi connectivity index (χ2v) is 4.80. The second-order valence-electron chi connectivity index (χ2n) is 4.80. The number of benzene rings is 1. The number of hydrogen-bond donors (Lipinski definition) is 2. The van der Waals surface area contributed by atoms with Crippen molar-refractivity contribution >= 4 is 11.7 Å². The van der Waals surface area contributed by atoms with E-state index in [9.17, 15) is 4.79 Å². The van der Waals surface area contributed by atoms with E-state index < -0.39 is 0 Å². The third kappa shape index (κ3) is 3.72. The monoisotopic (exact) mass is 300 g/mol. The first-order valence-corrected chi connectivity index (χ1v) is 7.23. The maximum Gasteiger partial charge on any atom is 0.256 e. The van der Waals surface area contributed by atoms with Crippen molar-refractivity contribution in [2.45, 2.75) is 19.8 Å². The number of ether oxygens (including phenoxy) is 1. The number of nitrogens with two attached hydrogens (primary N) is 1. The summed E-state index contributed by atoms with van der Waals surface area (Å²) in [6.07, 6.45) is 3.52. The van der Waals surface area contributed by atoms with Gasteiger partial charge in [-0.25, -0.2) is 9.97 Å². The van der Waals surface area contributed by atoms with Crippen LogP contribution in [0.4, 0.5) is 5.82 Å². The molecule has 1 aromatic carbocycles. The quantitative estimate of drug-likeness (QED) is 0.799. The lowest BCUT2D eigenvalue weighted by molar-refractivity contribution is 0.0963. The van der Waals surface area contributed by atoms with E-state index in [1.807, 2.05) is 24.3 Å². The highest BCUT2D eigenvalue weighted by atomic mass is 16.5. The molecule has 0 saturated carbocycles. The number of nitrogens with one attached hydrogen (secondary N) is 1. The van der Waals surface area contributed by atoms with Crippen molar-refractivity contribution in [1.82, 2.24) is 15.3 Å². The summed E-state index contributed by atoms with van der Waals surface area (Å²) in [5.41, 5.74) is 6.89. The highest BCUT2D eigenvalue weighted by Crippen LogP contribution is 2.22. The van der Waals surface area contributed by atoms with Gasteiger partial charge < -0.3 is 15.8 Å². The zero-order valence-electron chi connectivity index (χ0n) is 12.8. The summed E-state index contributed by atoms with van der Waals surface area (Å²) in [5, 5.41) is 2.50. The molecule has 0 fully saturated rings. The molecule has 3 N–H and O–H groups in total. The molecule has 0 aliphatic carbocycles. The van der Waals surface area contributed by atoms with Gasteiger partial charge in [-0.15, -0.1) is 0 Å². The minimum Gasteiger partial charge on any atom is -0.494 e. The fourth-order valence-electron chi connectivity index (χ4n) is 1.90. The van der Waals surface area contributed by atoms with Gasteiger partial charge in [0.25, 0.3) is 5.91 Å². The van der Waals surface area contributed by atoms with Crippen LogP contribution >= 0.6 is 0 Å². The van der Waals surface area contributed by atoms with Gasteiger partial charge in [0.1, 0.15) is 11.6 Å². The summed E-state index contributed by atoms with van der Waals surface area (Å²) < 4.78 is 5.67. The maximum atomic E-state index is 11.6. The molecule has 0 radical (unpaired) electrons. The number of aromatic nitrogens is 2. The van der Waals surface area contributed by atoms with Crippen LogP contribution in [0, 0.1) is 0 Å². The minimum atomic E-state index is -0.305. The van der Waals surface area contributed by atoms with Crippen molar-refractivity contribution in [2.24, 2.45) is 0 Å². The molecule has 1 heterocycles. The van der Waals surface area contributed by atoms with Crippen molar-refractivity contribution in [2.75, 3.05) is 19.4 Å². The normalized spacial score (nSPS) is 10.3. The number of hydrogen-bond acceptors (Lipinski definition) is 5. The van der Waals surface area contributed by atoms with Crippen molar-refractivity contribution in [3.05, 3.63) is 36.0 Å². The highest BCUT2D eigenvalue weighted by molar-refractivity contribution is 5.98. The Hall–Kier alpha value is -2.63. The number of unbranched alkanes of at least 4 members (excludes halogenated alkanes) is 1. The van der Waals surface area contributed by atoms with Crippen LogP contribution in [0.25, 0.3) is 11.4 Å². The number of nitrogens with zero attached hydrogens (tertiary/aromatic N) is 2. The van der Waals surface area contributed by atoms with E-state index in [1.54, 1.807) is 0 Å². The first-order valence-electron chi connectivity index (χ1n) is 7.23. The van der Waals surface area contributed by atoms with Gasteiger partial charge in [-0.05, 0) is 18.6 Å². The fraction of sp³-hybridized carbons (Fsp3) is 0.312. The van der Waals surface area contributed by atoms with E-state index in [1.165, 1.54) is 13.2 Å². The van der Waals surface area contributed by atoms with E-state index in [0.29, 0.717) is 12.4 Å². The lowest BCUT2D eigenvalue weighted by atomic mass is 10.2. The molecule has 116 valence electrons. The van der Waals surface area contributed by atoms with Gasteiger partial charge in [0.15, 0.2) is 5.82 Å². The Morgan fingerprint density at radius 1 is 1.41 bits per heavy atom. The van der Waals surface area contributed by atoms with E-state index in [2.05, 4.69) is 22.2 Å². The van der Waals surface area contributed by atoms with Gasteiger partial charge >= 0.3 is 0 Å². The smallest absolute Gasteiger partial charge is 0.256 e. The number of carbonyl (C=O) groups is 1. The van der Waals surface area contributed by atoms with Crippen LogP contribution in [-0.4, -0.2) is 29.5 Å². The molecule has 1 aromatic heterocycles. The predicted molar refractivity (Wildman–Crippen MR) is 85.7 cm³/mol. The Labute approximate surface area is 129 Å². The van der Waals surface area contributed by atoms with Crippen molar-refractivity contribution in [3.63, 3.8) is 0 Å². The molecule has 2 aromatic rings. The third-order valence-electron chi connectivity index (χ3n) is 3.15. The van der Waals surface area contributed by atoms with Gasteiger partial charge in [-0.1, -0.05) is 25.5 Å². The average Bonchev–Trinajstić information content (AvgIpc) is 2.54. The summed E-state index contributed by atoms with van der Waals surface area (Å²) in [5.74, 6) is 1.08. The lowest BCUT2D eigenvalue weighted by Crippen LogP contribution is -2.20. The molecule has 6 heteroatoms. The lowest BCUT2D eigenvalue weighted by Gasteiger charge is -2.08. The van der Waals surface area contributed by atoms with Gasteiger partial charge in [0, 0.05) is 18.8 Å². The van der Waals surface area contributed by atoms with Crippen LogP contribution in [0.3, 0.4) is 0 Å². The molecule has 0 aliphatic rings. The predicted octanol–water partition coefficient (Wildman–Crippen LogP) is 2.26. The summed E-state index contributed by atoms with van der Waals surface area (Å²) >= 11 is 0. The zero-order valence-corrected chi connectivity index (χ0v) is 12.8. The van der Waals surface area contributed by atoms with Crippen LogP contribution in [-0.2, 0) is 0 Å². The van der Waals surface area contributed by atoms with Crippen molar-refractivity contribution in [3.8, 4) is 17.1 Å². The number of amides is 1. The molecule has 0 unspecified atom stereocenters. The van der Waals surface area contributed by atoms with E-state index in [-0.39, 0.29) is 17.3 Å². The summed E-state index contributed by atoms with van der Waals surface area (Å²) in [7, 11) is 1.53. The Kier molecular flexibility index (Phi) is 5.30. The van der Waals surface area contributed by atoms with E-state index in [0.717, 1.165) is 24.2 Å². The van der Waals surface area contributed by atoms with Gasteiger partial charge in [0.2, 0.25) is 0 Å². The maximum absolute atomic E-state index is 11.6. The highest BCUT2D eigenvalue weighted by Gasteiger charge is 2.12. The molecule has 0 atom stereocenters. The first-order chi connectivity index (χ1) is 10.7. The molecule has 2 rings (SSSR count). The zero-order chi connectivity index (χ0) is 15.9. The molecular formula is C16H20N4O2. The second kappa shape index (κ2) is 7.40. The van der Waals surface area contributed by atoms with Crippen LogP contribution in [0.15, 0.2) is 30.5 Å². The molecule has 1 amide bonds. The molecule has 0 spiro atoms. The Bertz CT molecular complexity index is 658. The molecule has 0 saturated heterocycles. The van der Waals surface area contributed by atoms with Crippen LogP contribution < -0.4 is 15.8 Å². The number of rotatable bonds is 6. The average molecular weight is 300 g/mol. The minimum absolute atomic E-state index is 0.154. The number of nitrogen functional groups attached to an aromatic ring is 1.